The highest BCUT2D eigenvalue weighted by Gasteiger charge is 2.16. The van der Waals surface area contributed by atoms with Gasteiger partial charge in [-0.15, -0.1) is 0 Å². The molecule has 0 aliphatic heterocycles. The molecule has 0 unspecified atom stereocenters. The van der Waals surface area contributed by atoms with Gasteiger partial charge in [0.2, 0.25) is 0 Å². The second-order valence-corrected chi connectivity index (χ2v) is 9.95. The third-order valence-corrected chi connectivity index (χ3v) is 6.68. The summed E-state index contributed by atoms with van der Waals surface area (Å²) in [6, 6.07) is 14.5. The molecule has 27 heavy (non-hydrogen) atoms. The van der Waals surface area contributed by atoms with E-state index in [1.165, 1.54) is 24.5 Å². The van der Waals surface area contributed by atoms with Gasteiger partial charge in [-0.25, -0.2) is 20.8 Å². The van der Waals surface area contributed by atoms with E-state index < -0.39 is 19.9 Å². The highest BCUT2D eigenvalue weighted by atomic mass is 32.2. The van der Waals surface area contributed by atoms with Crippen LogP contribution in [-0.4, -0.2) is 27.1 Å². The smallest absolute Gasteiger partial charge is 0.248 e. The second-order valence-electron chi connectivity index (χ2n) is 6.09. The van der Waals surface area contributed by atoms with Gasteiger partial charge in [-0.3, -0.25) is 0 Å². The molecule has 0 amide bonds. The van der Waals surface area contributed by atoms with Gasteiger partial charge in [0.15, 0.2) is 9.84 Å². The minimum atomic E-state index is -3.66. The van der Waals surface area contributed by atoms with Crippen LogP contribution in [0.25, 0.3) is 0 Å². The molecule has 0 saturated carbocycles. The van der Waals surface area contributed by atoms with Crippen molar-refractivity contribution in [1.82, 2.24) is 3.97 Å². The third-order valence-electron chi connectivity index (χ3n) is 3.90. The Morgan fingerprint density at radius 1 is 0.741 bits per heavy atom. The largest absolute Gasteiger partial charge is 0.267 e. The van der Waals surface area contributed by atoms with Crippen LogP contribution in [-0.2, 0) is 19.9 Å². The zero-order valence-corrected chi connectivity index (χ0v) is 16.4. The summed E-state index contributed by atoms with van der Waals surface area (Å²) in [4.78, 5) is 0.433. The number of aryl methyl sites for hydroxylation is 1. The topological polar surface area (TPSA) is 73.2 Å². The molecule has 0 fully saturated rings. The van der Waals surface area contributed by atoms with Crippen LogP contribution >= 0.6 is 0 Å². The molecule has 0 atom stereocenters. The van der Waals surface area contributed by atoms with E-state index in [4.69, 9.17) is 0 Å². The summed E-state index contributed by atoms with van der Waals surface area (Å²) in [6.07, 6.45) is 4.05. The highest BCUT2D eigenvalue weighted by molar-refractivity contribution is 7.90. The number of sulfone groups is 1. The van der Waals surface area contributed by atoms with E-state index in [1.54, 1.807) is 42.5 Å². The molecular formula is C20H17NO4S2. The maximum atomic E-state index is 12.6. The van der Waals surface area contributed by atoms with Crippen molar-refractivity contribution in [2.75, 3.05) is 6.26 Å². The molecule has 0 aliphatic carbocycles. The highest BCUT2D eigenvalue weighted by Crippen LogP contribution is 2.16. The van der Waals surface area contributed by atoms with E-state index in [2.05, 4.69) is 11.8 Å². The normalized spacial score (nSPS) is 11.6. The Bertz CT molecular complexity index is 1240. The van der Waals surface area contributed by atoms with Crippen LogP contribution in [0.3, 0.4) is 0 Å². The average molecular weight is 399 g/mol. The standard InChI is InChI=1S/C20H17NO4S2/c1-16-3-9-20(10-4-16)27(24,25)21-14-13-18(15-21)6-5-17-7-11-19(12-8-17)26(2,22)23/h3-4,7-15H,1-2H3. The Labute approximate surface area is 159 Å². The molecular weight excluding hydrogens is 382 g/mol. The number of aromatic nitrogens is 1. The fraction of sp³-hybridized carbons (Fsp3) is 0.100. The van der Waals surface area contributed by atoms with E-state index in [-0.39, 0.29) is 9.79 Å². The summed E-state index contributed by atoms with van der Waals surface area (Å²) in [6.45, 7) is 1.89. The Kier molecular flexibility index (Phi) is 4.96. The molecule has 3 rings (SSSR count). The van der Waals surface area contributed by atoms with Crippen LogP contribution in [0.1, 0.15) is 16.7 Å². The quantitative estimate of drug-likeness (QED) is 0.635. The predicted octanol–water partition coefficient (Wildman–Crippen LogP) is 2.84. The van der Waals surface area contributed by atoms with Gasteiger partial charge in [0.25, 0.3) is 10.0 Å². The van der Waals surface area contributed by atoms with Crippen LogP contribution in [0.2, 0.25) is 0 Å². The Hall–Kier alpha value is -2.82. The van der Waals surface area contributed by atoms with Gasteiger partial charge in [-0.2, -0.15) is 0 Å². The van der Waals surface area contributed by atoms with Gasteiger partial charge in [0, 0.05) is 29.8 Å². The van der Waals surface area contributed by atoms with Gasteiger partial charge in [-0.1, -0.05) is 29.5 Å². The van der Waals surface area contributed by atoms with E-state index in [9.17, 15) is 16.8 Å². The lowest BCUT2D eigenvalue weighted by atomic mass is 10.2. The lowest BCUT2D eigenvalue weighted by Crippen LogP contribution is -2.10. The molecule has 1 aromatic heterocycles. The molecule has 0 aliphatic rings. The van der Waals surface area contributed by atoms with Gasteiger partial charge < -0.3 is 0 Å². The molecule has 0 radical (unpaired) electrons. The summed E-state index contributed by atoms with van der Waals surface area (Å²) in [5.41, 5.74) is 2.16. The maximum absolute atomic E-state index is 12.6. The first-order chi connectivity index (χ1) is 12.7. The van der Waals surface area contributed by atoms with Crippen molar-refractivity contribution < 1.29 is 16.8 Å². The summed E-state index contributed by atoms with van der Waals surface area (Å²) >= 11 is 0. The van der Waals surface area contributed by atoms with Crippen LogP contribution in [0.4, 0.5) is 0 Å². The number of nitrogens with zero attached hydrogens (tertiary/aromatic N) is 1. The minimum Gasteiger partial charge on any atom is -0.248 e. The molecule has 0 spiro atoms. The van der Waals surface area contributed by atoms with E-state index >= 15 is 0 Å². The molecule has 0 saturated heterocycles. The Balaban J connectivity index is 1.85. The van der Waals surface area contributed by atoms with Crippen molar-refractivity contribution in [3.63, 3.8) is 0 Å². The van der Waals surface area contributed by atoms with Gasteiger partial charge in [-0.05, 0) is 49.4 Å². The molecule has 3 aromatic rings. The zero-order chi connectivity index (χ0) is 19.7. The lowest BCUT2D eigenvalue weighted by molar-refractivity contribution is 0.587. The van der Waals surface area contributed by atoms with Gasteiger partial charge in [0.05, 0.1) is 9.79 Å². The summed E-state index contributed by atoms with van der Waals surface area (Å²) in [5, 5.41) is 0. The van der Waals surface area contributed by atoms with Crippen molar-refractivity contribution in [1.29, 1.82) is 0 Å². The van der Waals surface area contributed by atoms with Crippen molar-refractivity contribution in [3.05, 3.63) is 83.7 Å². The molecule has 138 valence electrons. The van der Waals surface area contributed by atoms with Crippen molar-refractivity contribution in [2.24, 2.45) is 0 Å². The third kappa shape index (κ3) is 4.30. The minimum absolute atomic E-state index is 0.208. The lowest BCUT2D eigenvalue weighted by Gasteiger charge is -2.05. The first-order valence-corrected chi connectivity index (χ1v) is 11.3. The summed E-state index contributed by atoms with van der Waals surface area (Å²) in [7, 11) is -6.90. The number of hydrogen-bond acceptors (Lipinski definition) is 4. The van der Waals surface area contributed by atoms with Crippen LogP contribution < -0.4 is 0 Å². The fourth-order valence-corrected chi connectivity index (χ4v) is 4.19. The van der Waals surface area contributed by atoms with Crippen LogP contribution in [0.15, 0.2) is 76.8 Å². The van der Waals surface area contributed by atoms with E-state index in [0.29, 0.717) is 11.1 Å². The molecule has 1 heterocycles. The van der Waals surface area contributed by atoms with Gasteiger partial charge >= 0.3 is 0 Å². The maximum Gasteiger partial charge on any atom is 0.267 e. The zero-order valence-electron chi connectivity index (χ0n) is 14.7. The molecule has 0 bridgehead atoms. The predicted molar refractivity (Wildman–Crippen MR) is 104 cm³/mol. The average Bonchev–Trinajstić information content (AvgIpc) is 3.10. The molecule has 2 aromatic carbocycles. The Morgan fingerprint density at radius 2 is 1.30 bits per heavy atom. The molecule has 5 nitrogen and oxygen atoms in total. The van der Waals surface area contributed by atoms with E-state index in [0.717, 1.165) is 15.8 Å². The first kappa shape index (κ1) is 19.0. The monoisotopic (exact) mass is 399 g/mol. The fourth-order valence-electron chi connectivity index (χ4n) is 2.36. The molecule has 7 heteroatoms. The number of benzene rings is 2. The van der Waals surface area contributed by atoms with Crippen molar-refractivity contribution in [3.8, 4) is 11.8 Å². The SMILES string of the molecule is Cc1ccc(S(=O)(=O)n2ccc(C#Cc3ccc(S(C)(=O)=O)cc3)c2)cc1. The second kappa shape index (κ2) is 7.06. The van der Waals surface area contributed by atoms with Crippen LogP contribution in [0, 0.1) is 18.8 Å². The first-order valence-electron chi connectivity index (χ1n) is 7.99. The summed E-state index contributed by atoms with van der Waals surface area (Å²) < 4.78 is 49.3. The molecule has 0 N–H and O–H groups in total. The van der Waals surface area contributed by atoms with Crippen molar-refractivity contribution in [2.45, 2.75) is 16.7 Å². The van der Waals surface area contributed by atoms with E-state index in [1.807, 2.05) is 6.92 Å². The van der Waals surface area contributed by atoms with Crippen molar-refractivity contribution >= 4 is 19.9 Å². The van der Waals surface area contributed by atoms with Crippen LogP contribution in [0.5, 0.6) is 0 Å². The Morgan fingerprint density at radius 3 is 1.89 bits per heavy atom. The number of hydrogen-bond donors (Lipinski definition) is 0. The van der Waals surface area contributed by atoms with Gasteiger partial charge in [0.1, 0.15) is 0 Å². The number of rotatable bonds is 3. The summed E-state index contributed by atoms with van der Waals surface area (Å²) in [5.74, 6) is 5.79.